The molecule has 2 aromatic heterocycles. The number of thioether (sulfide) groups is 1. The van der Waals surface area contributed by atoms with Gasteiger partial charge in [-0.1, -0.05) is 48.2 Å². The maximum atomic E-state index is 12.6. The summed E-state index contributed by atoms with van der Waals surface area (Å²) in [5, 5.41) is 8.17. The molecule has 1 aliphatic carbocycles. The highest BCUT2D eigenvalue weighted by Gasteiger charge is 2.16. The predicted molar refractivity (Wildman–Crippen MR) is 130 cm³/mol. The number of aryl methyl sites for hydroxylation is 2. The maximum Gasteiger partial charge on any atom is 0.262 e. The SMILES string of the molecule is C[C@H](NC(=O)CSc1nc2c(cnn2-c2ccccc2)c(=O)[nH]1)c1ccc2c(c1)CCCC2. The molecule has 0 aliphatic heterocycles. The topological polar surface area (TPSA) is 92.7 Å². The summed E-state index contributed by atoms with van der Waals surface area (Å²) in [4.78, 5) is 32.4. The molecule has 0 saturated carbocycles. The third kappa shape index (κ3) is 4.57. The molecule has 1 atom stereocenters. The van der Waals surface area contributed by atoms with Crippen LogP contribution in [0.3, 0.4) is 0 Å². The molecule has 33 heavy (non-hydrogen) atoms. The van der Waals surface area contributed by atoms with Crippen molar-refractivity contribution >= 4 is 28.7 Å². The van der Waals surface area contributed by atoms with Gasteiger partial charge in [-0.15, -0.1) is 0 Å². The molecule has 7 nitrogen and oxygen atoms in total. The second-order valence-electron chi connectivity index (χ2n) is 8.31. The Hall–Kier alpha value is -3.39. The van der Waals surface area contributed by atoms with Crippen LogP contribution in [0, 0.1) is 0 Å². The second kappa shape index (κ2) is 9.23. The van der Waals surface area contributed by atoms with Crippen molar-refractivity contribution in [1.82, 2.24) is 25.1 Å². The summed E-state index contributed by atoms with van der Waals surface area (Å²) >= 11 is 1.21. The van der Waals surface area contributed by atoms with Crippen LogP contribution in [-0.2, 0) is 17.6 Å². The van der Waals surface area contributed by atoms with Crippen molar-refractivity contribution in [3.8, 4) is 5.69 Å². The highest BCUT2D eigenvalue weighted by molar-refractivity contribution is 7.99. The Bertz CT molecular complexity index is 1360. The van der Waals surface area contributed by atoms with E-state index in [1.807, 2.05) is 37.3 Å². The lowest BCUT2D eigenvalue weighted by molar-refractivity contribution is -0.119. The first-order chi connectivity index (χ1) is 16.1. The molecule has 2 aromatic carbocycles. The normalized spacial score (nSPS) is 14.1. The number of H-pyrrole nitrogens is 1. The molecule has 1 aliphatic rings. The first-order valence-corrected chi connectivity index (χ1v) is 12.1. The van der Waals surface area contributed by atoms with Crippen LogP contribution in [0.4, 0.5) is 0 Å². The smallest absolute Gasteiger partial charge is 0.262 e. The zero-order valence-electron chi connectivity index (χ0n) is 18.4. The zero-order valence-corrected chi connectivity index (χ0v) is 19.2. The van der Waals surface area contributed by atoms with E-state index in [0.717, 1.165) is 24.1 Å². The van der Waals surface area contributed by atoms with Crippen molar-refractivity contribution in [2.75, 3.05) is 5.75 Å². The number of nitrogens with one attached hydrogen (secondary N) is 2. The van der Waals surface area contributed by atoms with E-state index in [0.29, 0.717) is 16.2 Å². The average Bonchev–Trinajstić information content (AvgIpc) is 3.27. The third-order valence-electron chi connectivity index (χ3n) is 6.01. The fourth-order valence-electron chi connectivity index (χ4n) is 4.25. The number of rotatable bonds is 6. The van der Waals surface area contributed by atoms with E-state index < -0.39 is 0 Å². The van der Waals surface area contributed by atoms with E-state index in [1.54, 1.807) is 4.68 Å². The van der Waals surface area contributed by atoms with Crippen molar-refractivity contribution < 1.29 is 4.79 Å². The van der Waals surface area contributed by atoms with E-state index >= 15 is 0 Å². The third-order valence-corrected chi connectivity index (χ3v) is 6.88. The van der Waals surface area contributed by atoms with Gasteiger partial charge in [-0.2, -0.15) is 5.10 Å². The Morgan fingerprint density at radius 2 is 1.94 bits per heavy atom. The molecular formula is C25H25N5O2S. The van der Waals surface area contributed by atoms with Gasteiger partial charge in [-0.3, -0.25) is 9.59 Å². The highest BCUT2D eigenvalue weighted by atomic mass is 32.2. The molecule has 168 valence electrons. The van der Waals surface area contributed by atoms with Crippen LogP contribution in [0.1, 0.15) is 42.5 Å². The van der Waals surface area contributed by atoms with Gasteiger partial charge in [0.05, 0.1) is 23.7 Å². The van der Waals surface area contributed by atoms with Crippen molar-refractivity contribution in [1.29, 1.82) is 0 Å². The molecule has 0 unspecified atom stereocenters. The Morgan fingerprint density at radius 1 is 1.15 bits per heavy atom. The summed E-state index contributed by atoms with van der Waals surface area (Å²) in [6, 6.07) is 16.0. The molecule has 2 N–H and O–H groups in total. The Kier molecular flexibility index (Phi) is 6.00. The van der Waals surface area contributed by atoms with Gasteiger partial charge in [0.1, 0.15) is 5.39 Å². The minimum absolute atomic E-state index is 0.0840. The Morgan fingerprint density at radius 3 is 2.76 bits per heavy atom. The number of para-hydroxylation sites is 1. The molecule has 4 aromatic rings. The van der Waals surface area contributed by atoms with Crippen LogP contribution in [0.15, 0.2) is 64.7 Å². The molecule has 0 spiro atoms. The van der Waals surface area contributed by atoms with E-state index in [4.69, 9.17) is 0 Å². The highest BCUT2D eigenvalue weighted by Crippen LogP contribution is 2.25. The summed E-state index contributed by atoms with van der Waals surface area (Å²) in [5.41, 5.74) is 4.97. The summed E-state index contributed by atoms with van der Waals surface area (Å²) in [5.74, 6) is 0.0490. The number of amides is 1. The van der Waals surface area contributed by atoms with Crippen molar-refractivity contribution in [2.24, 2.45) is 0 Å². The van der Waals surface area contributed by atoms with Gasteiger partial charge >= 0.3 is 0 Å². The lowest BCUT2D eigenvalue weighted by atomic mass is 9.89. The number of nitrogens with zero attached hydrogens (tertiary/aromatic N) is 3. The molecule has 5 rings (SSSR count). The summed E-state index contributed by atoms with van der Waals surface area (Å²) < 4.78 is 1.63. The molecule has 0 bridgehead atoms. The zero-order chi connectivity index (χ0) is 22.8. The number of hydrogen-bond acceptors (Lipinski definition) is 5. The minimum Gasteiger partial charge on any atom is -0.349 e. The van der Waals surface area contributed by atoms with Crippen molar-refractivity contribution in [3.63, 3.8) is 0 Å². The predicted octanol–water partition coefficient (Wildman–Crippen LogP) is 3.96. The molecular weight excluding hydrogens is 434 g/mol. The Labute approximate surface area is 195 Å². The fourth-order valence-corrected chi connectivity index (χ4v) is 4.91. The van der Waals surface area contributed by atoms with Gasteiger partial charge in [0.2, 0.25) is 5.91 Å². The largest absolute Gasteiger partial charge is 0.349 e. The van der Waals surface area contributed by atoms with Crippen LogP contribution >= 0.6 is 11.8 Å². The molecule has 0 saturated heterocycles. The number of hydrogen-bond donors (Lipinski definition) is 2. The van der Waals surface area contributed by atoms with Gasteiger partial charge in [-0.05, 0) is 61.4 Å². The standard InChI is InChI=1S/C25H25N5O2S/c1-16(18-12-11-17-7-5-6-8-19(17)13-18)27-22(31)15-33-25-28-23-21(24(32)29-25)14-26-30(23)20-9-3-2-4-10-20/h2-4,9-14,16H,5-8,15H2,1H3,(H,27,31)(H,28,29,32)/t16-/m0/s1. The van der Waals surface area contributed by atoms with Crippen molar-refractivity contribution in [2.45, 2.75) is 43.8 Å². The Balaban J connectivity index is 1.27. The monoisotopic (exact) mass is 459 g/mol. The van der Waals surface area contributed by atoms with Crippen molar-refractivity contribution in [3.05, 3.63) is 81.8 Å². The minimum atomic E-state index is -0.271. The molecule has 2 heterocycles. The van der Waals surface area contributed by atoms with E-state index in [2.05, 4.69) is 38.6 Å². The average molecular weight is 460 g/mol. The summed E-state index contributed by atoms with van der Waals surface area (Å²) in [7, 11) is 0. The number of benzene rings is 2. The van der Waals surface area contributed by atoms with Crippen LogP contribution in [0.2, 0.25) is 0 Å². The second-order valence-corrected chi connectivity index (χ2v) is 9.28. The van der Waals surface area contributed by atoms with E-state index in [-0.39, 0.29) is 23.3 Å². The van der Waals surface area contributed by atoms with Gasteiger partial charge in [0, 0.05) is 0 Å². The lowest BCUT2D eigenvalue weighted by Gasteiger charge is -2.20. The van der Waals surface area contributed by atoms with Gasteiger partial charge in [0.25, 0.3) is 5.56 Å². The molecule has 1 amide bonds. The quantitative estimate of drug-likeness (QED) is 0.336. The number of fused-ring (bicyclic) bond motifs is 2. The van der Waals surface area contributed by atoms with E-state index in [1.165, 1.54) is 41.9 Å². The molecule has 0 fully saturated rings. The van der Waals surface area contributed by atoms with Gasteiger partial charge in [-0.25, -0.2) is 9.67 Å². The number of carbonyl (C=O) groups excluding carboxylic acids is 1. The van der Waals surface area contributed by atoms with E-state index in [9.17, 15) is 9.59 Å². The van der Waals surface area contributed by atoms with Crippen LogP contribution < -0.4 is 10.9 Å². The lowest BCUT2D eigenvalue weighted by Crippen LogP contribution is -2.28. The molecule has 8 heteroatoms. The summed E-state index contributed by atoms with van der Waals surface area (Å²) in [6.45, 7) is 2.00. The maximum absolute atomic E-state index is 12.6. The van der Waals surface area contributed by atoms with Gasteiger partial charge in [0.15, 0.2) is 10.8 Å². The van der Waals surface area contributed by atoms with Gasteiger partial charge < -0.3 is 10.3 Å². The first kappa shape index (κ1) is 21.5. The van der Waals surface area contributed by atoms with Crippen LogP contribution in [0.5, 0.6) is 0 Å². The summed E-state index contributed by atoms with van der Waals surface area (Å²) in [6.07, 6.45) is 6.25. The number of aromatic nitrogens is 4. The fraction of sp³-hybridized carbons (Fsp3) is 0.280. The van der Waals surface area contributed by atoms with Crippen LogP contribution in [-0.4, -0.2) is 31.4 Å². The molecule has 0 radical (unpaired) electrons. The first-order valence-electron chi connectivity index (χ1n) is 11.2. The number of aromatic amines is 1. The number of carbonyl (C=O) groups is 1. The van der Waals surface area contributed by atoms with Crippen LogP contribution in [0.25, 0.3) is 16.7 Å².